The van der Waals surface area contributed by atoms with Crippen LogP contribution in [0.1, 0.15) is 43.2 Å². The molecule has 2 aliphatic heterocycles. The van der Waals surface area contributed by atoms with E-state index in [1.54, 1.807) is 4.90 Å². The van der Waals surface area contributed by atoms with Crippen molar-refractivity contribution in [3.05, 3.63) is 29.3 Å². The SMILES string of the molecule is O=C(NCC[C@@H]1CCCO1)[C@H]1CC(=O)N(c2ccc3c(c2)CCC3)C1. The van der Waals surface area contributed by atoms with Crippen molar-refractivity contribution in [1.82, 2.24) is 5.32 Å². The van der Waals surface area contributed by atoms with Gasteiger partial charge in [-0.1, -0.05) is 6.07 Å². The highest BCUT2D eigenvalue weighted by Gasteiger charge is 2.35. The molecule has 0 radical (unpaired) electrons. The van der Waals surface area contributed by atoms with Gasteiger partial charge in [-0.05, 0) is 61.8 Å². The van der Waals surface area contributed by atoms with E-state index in [-0.39, 0.29) is 23.8 Å². The molecule has 3 aliphatic rings. The summed E-state index contributed by atoms with van der Waals surface area (Å²) in [6.45, 7) is 1.96. The highest BCUT2D eigenvalue weighted by atomic mass is 16.5. The van der Waals surface area contributed by atoms with Crippen molar-refractivity contribution in [3.8, 4) is 0 Å². The summed E-state index contributed by atoms with van der Waals surface area (Å²) in [6.07, 6.45) is 7.09. The molecule has 25 heavy (non-hydrogen) atoms. The van der Waals surface area contributed by atoms with Gasteiger partial charge >= 0.3 is 0 Å². The summed E-state index contributed by atoms with van der Waals surface area (Å²) in [7, 11) is 0. The molecule has 2 saturated heterocycles. The highest BCUT2D eigenvalue weighted by Crippen LogP contribution is 2.30. The van der Waals surface area contributed by atoms with E-state index in [9.17, 15) is 9.59 Å². The molecule has 1 aromatic carbocycles. The van der Waals surface area contributed by atoms with Crippen LogP contribution in [0.5, 0.6) is 0 Å². The number of fused-ring (bicyclic) bond motifs is 1. The van der Waals surface area contributed by atoms with E-state index in [1.807, 2.05) is 6.07 Å². The van der Waals surface area contributed by atoms with Gasteiger partial charge in [-0.2, -0.15) is 0 Å². The van der Waals surface area contributed by atoms with Gasteiger partial charge in [0, 0.05) is 31.8 Å². The molecule has 5 heteroatoms. The minimum absolute atomic E-state index is 0.00462. The highest BCUT2D eigenvalue weighted by molar-refractivity contribution is 6.00. The zero-order valence-corrected chi connectivity index (χ0v) is 14.6. The van der Waals surface area contributed by atoms with Crippen LogP contribution >= 0.6 is 0 Å². The van der Waals surface area contributed by atoms with E-state index < -0.39 is 0 Å². The van der Waals surface area contributed by atoms with E-state index >= 15 is 0 Å². The molecule has 0 bridgehead atoms. The molecule has 1 N–H and O–H groups in total. The van der Waals surface area contributed by atoms with Crippen LogP contribution in [-0.4, -0.2) is 37.6 Å². The summed E-state index contributed by atoms with van der Waals surface area (Å²) in [5.74, 6) is -0.197. The van der Waals surface area contributed by atoms with Crippen molar-refractivity contribution in [2.45, 2.75) is 51.0 Å². The van der Waals surface area contributed by atoms with Crippen LogP contribution in [0.4, 0.5) is 5.69 Å². The van der Waals surface area contributed by atoms with Crippen LogP contribution in [0.2, 0.25) is 0 Å². The lowest BCUT2D eigenvalue weighted by Gasteiger charge is -2.18. The van der Waals surface area contributed by atoms with Crippen molar-refractivity contribution in [1.29, 1.82) is 0 Å². The predicted octanol–water partition coefficient (Wildman–Crippen LogP) is 2.21. The van der Waals surface area contributed by atoms with Crippen LogP contribution in [0, 0.1) is 5.92 Å². The summed E-state index contributed by atoms with van der Waals surface area (Å²) in [6, 6.07) is 6.30. The average molecular weight is 342 g/mol. The van der Waals surface area contributed by atoms with E-state index in [0.717, 1.165) is 44.4 Å². The number of aryl methyl sites for hydroxylation is 2. The molecular formula is C20H26N2O3. The first-order chi connectivity index (χ1) is 12.2. The molecule has 2 atom stereocenters. The molecule has 0 saturated carbocycles. The maximum absolute atomic E-state index is 12.4. The first-order valence-corrected chi connectivity index (χ1v) is 9.52. The van der Waals surface area contributed by atoms with Crippen molar-refractivity contribution in [3.63, 3.8) is 0 Å². The molecule has 1 aliphatic carbocycles. The smallest absolute Gasteiger partial charge is 0.227 e. The maximum Gasteiger partial charge on any atom is 0.227 e. The van der Waals surface area contributed by atoms with E-state index in [4.69, 9.17) is 4.74 Å². The first kappa shape index (κ1) is 16.6. The minimum atomic E-state index is -0.245. The summed E-state index contributed by atoms with van der Waals surface area (Å²) >= 11 is 0. The maximum atomic E-state index is 12.4. The van der Waals surface area contributed by atoms with Gasteiger partial charge < -0.3 is 15.0 Å². The Labute approximate surface area is 148 Å². The Balaban J connectivity index is 1.32. The molecule has 1 aromatic rings. The minimum Gasteiger partial charge on any atom is -0.378 e. The van der Waals surface area contributed by atoms with Crippen molar-refractivity contribution >= 4 is 17.5 Å². The second-order valence-corrected chi connectivity index (χ2v) is 7.43. The number of hydrogen-bond donors (Lipinski definition) is 1. The topological polar surface area (TPSA) is 58.6 Å². The zero-order chi connectivity index (χ0) is 17.2. The van der Waals surface area contributed by atoms with Gasteiger partial charge in [0.1, 0.15) is 0 Å². The standard InChI is InChI=1S/C20H26N2O3/c23-19-12-16(20(24)21-9-8-18-5-2-10-25-18)13-22(19)17-7-6-14-3-1-4-15(14)11-17/h6-7,11,16,18H,1-5,8-10,12-13H2,(H,21,24)/t16-,18-/m0/s1. The zero-order valence-electron chi connectivity index (χ0n) is 14.6. The number of anilines is 1. The molecule has 5 nitrogen and oxygen atoms in total. The second kappa shape index (κ2) is 7.16. The van der Waals surface area contributed by atoms with Crippen LogP contribution < -0.4 is 10.2 Å². The Morgan fingerprint density at radius 2 is 2.12 bits per heavy atom. The van der Waals surface area contributed by atoms with Crippen LogP contribution in [-0.2, 0) is 27.2 Å². The van der Waals surface area contributed by atoms with Gasteiger partial charge in [-0.15, -0.1) is 0 Å². The fourth-order valence-corrected chi connectivity index (χ4v) is 4.23. The number of rotatable bonds is 5. The molecule has 0 unspecified atom stereocenters. The van der Waals surface area contributed by atoms with E-state index in [2.05, 4.69) is 17.4 Å². The predicted molar refractivity (Wildman–Crippen MR) is 95.5 cm³/mol. The third-order valence-corrected chi connectivity index (χ3v) is 5.68. The summed E-state index contributed by atoms with van der Waals surface area (Å²) in [5, 5.41) is 2.99. The number of benzene rings is 1. The Morgan fingerprint density at radius 3 is 2.96 bits per heavy atom. The number of hydrogen-bond acceptors (Lipinski definition) is 3. The Kier molecular flexibility index (Phi) is 4.75. The molecular weight excluding hydrogens is 316 g/mol. The van der Waals surface area contributed by atoms with Crippen molar-refractivity contribution < 1.29 is 14.3 Å². The van der Waals surface area contributed by atoms with Crippen LogP contribution in [0.25, 0.3) is 0 Å². The number of carbonyl (C=O) groups is 2. The molecule has 134 valence electrons. The third-order valence-electron chi connectivity index (χ3n) is 5.68. The molecule has 0 aromatic heterocycles. The van der Waals surface area contributed by atoms with Crippen LogP contribution in [0.3, 0.4) is 0 Å². The van der Waals surface area contributed by atoms with Crippen LogP contribution in [0.15, 0.2) is 18.2 Å². The number of amides is 2. The largest absolute Gasteiger partial charge is 0.378 e. The summed E-state index contributed by atoms with van der Waals surface area (Å²) in [4.78, 5) is 26.6. The van der Waals surface area contributed by atoms with E-state index in [0.29, 0.717) is 19.5 Å². The second-order valence-electron chi connectivity index (χ2n) is 7.43. The van der Waals surface area contributed by atoms with Gasteiger partial charge in [0.05, 0.1) is 12.0 Å². The van der Waals surface area contributed by atoms with Gasteiger partial charge in [-0.3, -0.25) is 9.59 Å². The third kappa shape index (κ3) is 3.56. The fraction of sp³-hybridized carbons (Fsp3) is 0.600. The summed E-state index contributed by atoms with van der Waals surface area (Å²) in [5.41, 5.74) is 3.70. The van der Waals surface area contributed by atoms with Gasteiger partial charge in [0.2, 0.25) is 11.8 Å². The molecule has 0 spiro atoms. The van der Waals surface area contributed by atoms with Gasteiger partial charge in [0.15, 0.2) is 0 Å². The molecule has 2 fully saturated rings. The lowest BCUT2D eigenvalue weighted by molar-refractivity contribution is -0.126. The monoisotopic (exact) mass is 342 g/mol. The molecule has 2 heterocycles. The summed E-state index contributed by atoms with van der Waals surface area (Å²) < 4.78 is 5.58. The fourth-order valence-electron chi connectivity index (χ4n) is 4.23. The lowest BCUT2D eigenvalue weighted by atomic mass is 10.1. The number of carbonyl (C=O) groups excluding carboxylic acids is 2. The first-order valence-electron chi connectivity index (χ1n) is 9.52. The number of nitrogens with zero attached hydrogens (tertiary/aromatic N) is 1. The quantitative estimate of drug-likeness (QED) is 0.892. The van der Waals surface area contributed by atoms with Crippen molar-refractivity contribution in [2.24, 2.45) is 5.92 Å². The number of nitrogens with one attached hydrogen (secondary N) is 1. The van der Waals surface area contributed by atoms with Crippen molar-refractivity contribution in [2.75, 3.05) is 24.6 Å². The van der Waals surface area contributed by atoms with Gasteiger partial charge in [-0.25, -0.2) is 0 Å². The molecule has 2 amide bonds. The normalized spacial score (nSPS) is 25.4. The Hall–Kier alpha value is -1.88. The lowest BCUT2D eigenvalue weighted by Crippen LogP contribution is -2.34. The Morgan fingerprint density at radius 1 is 1.24 bits per heavy atom. The Bertz CT molecular complexity index is 667. The average Bonchev–Trinajstić information content (AvgIpc) is 3.34. The van der Waals surface area contributed by atoms with E-state index in [1.165, 1.54) is 17.5 Å². The molecule has 4 rings (SSSR count). The number of ether oxygens (including phenoxy) is 1. The van der Waals surface area contributed by atoms with Gasteiger partial charge in [0.25, 0.3) is 0 Å².